The van der Waals surface area contributed by atoms with Gasteiger partial charge >= 0.3 is 0 Å². The average molecular weight is 375 g/mol. The van der Waals surface area contributed by atoms with Crippen LogP contribution in [-0.2, 0) is 11.3 Å². The van der Waals surface area contributed by atoms with E-state index in [2.05, 4.69) is 4.90 Å². The number of likely N-dealkylation sites (tertiary alicyclic amines) is 2. The van der Waals surface area contributed by atoms with Gasteiger partial charge in [0.2, 0.25) is 5.91 Å². The highest BCUT2D eigenvalue weighted by atomic mass is 19.1. The number of piperidine rings is 2. The minimum Gasteiger partial charge on any atom is -0.389 e. The average Bonchev–Trinajstić information content (AvgIpc) is 3.19. The van der Waals surface area contributed by atoms with Gasteiger partial charge in [-0.15, -0.1) is 0 Å². The van der Waals surface area contributed by atoms with E-state index in [9.17, 15) is 14.3 Å². The molecule has 4 nitrogen and oxygen atoms in total. The Kier molecular flexibility index (Phi) is 5.26. The van der Waals surface area contributed by atoms with Crippen molar-refractivity contribution < 1.29 is 14.3 Å². The molecule has 1 aromatic carbocycles. The lowest BCUT2D eigenvalue weighted by Gasteiger charge is -2.50. The van der Waals surface area contributed by atoms with Gasteiger partial charge in [-0.25, -0.2) is 4.39 Å². The fraction of sp³-hybridized carbons (Fsp3) is 0.682. The molecule has 27 heavy (non-hydrogen) atoms. The Balaban J connectivity index is 1.42. The number of halogens is 1. The largest absolute Gasteiger partial charge is 0.389 e. The number of amides is 1. The van der Waals surface area contributed by atoms with E-state index in [1.165, 1.54) is 18.9 Å². The Morgan fingerprint density at radius 1 is 1.22 bits per heavy atom. The van der Waals surface area contributed by atoms with Crippen molar-refractivity contribution >= 4 is 5.91 Å². The molecule has 3 fully saturated rings. The zero-order valence-corrected chi connectivity index (χ0v) is 16.3. The lowest BCUT2D eigenvalue weighted by atomic mass is 9.75. The molecule has 0 radical (unpaired) electrons. The van der Waals surface area contributed by atoms with E-state index >= 15 is 0 Å². The highest BCUT2D eigenvalue weighted by Crippen LogP contribution is 2.37. The van der Waals surface area contributed by atoms with Crippen molar-refractivity contribution in [2.45, 2.75) is 57.6 Å². The number of aliphatic hydroxyl groups is 1. The third-order valence-corrected chi connectivity index (χ3v) is 7.08. The first-order chi connectivity index (χ1) is 12.9. The number of aryl methyl sites for hydroxylation is 1. The first kappa shape index (κ1) is 18.9. The second-order valence-corrected chi connectivity index (χ2v) is 8.87. The number of hydrogen-bond donors (Lipinski definition) is 1. The molecule has 0 spiro atoms. The lowest BCUT2D eigenvalue weighted by molar-refractivity contribution is -0.150. The summed E-state index contributed by atoms with van der Waals surface area (Å²) < 4.78 is 13.6. The lowest BCUT2D eigenvalue weighted by Crippen LogP contribution is -2.61. The van der Waals surface area contributed by atoms with Gasteiger partial charge < -0.3 is 10.0 Å². The zero-order valence-electron chi connectivity index (χ0n) is 16.3. The van der Waals surface area contributed by atoms with Crippen LogP contribution in [0, 0.1) is 24.6 Å². The van der Waals surface area contributed by atoms with Crippen LogP contribution >= 0.6 is 0 Å². The summed E-state index contributed by atoms with van der Waals surface area (Å²) in [6.07, 6.45) is 5.79. The summed E-state index contributed by atoms with van der Waals surface area (Å²) in [5, 5.41) is 11.1. The number of hydrogen-bond acceptors (Lipinski definition) is 3. The van der Waals surface area contributed by atoms with Gasteiger partial charge in [0.1, 0.15) is 5.82 Å². The molecule has 2 saturated heterocycles. The molecule has 2 atom stereocenters. The highest BCUT2D eigenvalue weighted by Gasteiger charge is 2.46. The molecule has 2 heterocycles. The second kappa shape index (κ2) is 7.51. The molecule has 1 aliphatic carbocycles. The van der Waals surface area contributed by atoms with Crippen molar-refractivity contribution in [3.05, 3.63) is 35.1 Å². The summed E-state index contributed by atoms with van der Waals surface area (Å²) in [4.78, 5) is 17.1. The predicted octanol–water partition coefficient (Wildman–Crippen LogP) is 3.11. The second-order valence-electron chi connectivity index (χ2n) is 8.87. The molecule has 1 N–H and O–H groups in total. The number of nitrogens with zero attached hydrogens (tertiary/aromatic N) is 2. The van der Waals surface area contributed by atoms with Crippen molar-refractivity contribution in [2.24, 2.45) is 11.8 Å². The molecule has 0 unspecified atom stereocenters. The normalized spacial score (nSPS) is 29.7. The van der Waals surface area contributed by atoms with E-state index in [1.54, 1.807) is 6.07 Å². The van der Waals surface area contributed by atoms with Crippen molar-refractivity contribution in [2.75, 3.05) is 26.2 Å². The molecule has 2 aliphatic heterocycles. The van der Waals surface area contributed by atoms with E-state index in [4.69, 9.17) is 0 Å². The fourth-order valence-corrected chi connectivity index (χ4v) is 5.20. The number of carbonyl (C=O) groups is 1. The summed E-state index contributed by atoms with van der Waals surface area (Å²) in [7, 11) is 0. The van der Waals surface area contributed by atoms with Crippen molar-refractivity contribution in [1.82, 2.24) is 9.80 Å². The molecule has 1 saturated carbocycles. The fourth-order valence-electron chi connectivity index (χ4n) is 5.20. The quantitative estimate of drug-likeness (QED) is 0.884. The molecule has 0 bridgehead atoms. The summed E-state index contributed by atoms with van der Waals surface area (Å²) >= 11 is 0. The highest BCUT2D eigenvalue weighted by molar-refractivity contribution is 5.79. The van der Waals surface area contributed by atoms with E-state index in [0.717, 1.165) is 43.5 Å². The van der Waals surface area contributed by atoms with Crippen LogP contribution < -0.4 is 0 Å². The number of rotatable bonds is 3. The van der Waals surface area contributed by atoms with E-state index in [1.807, 2.05) is 17.9 Å². The smallest absolute Gasteiger partial charge is 0.225 e. The van der Waals surface area contributed by atoms with Gasteiger partial charge in [-0.3, -0.25) is 9.69 Å². The van der Waals surface area contributed by atoms with Crippen LogP contribution in [0.4, 0.5) is 4.39 Å². The molecule has 1 amide bonds. The first-order valence-electron chi connectivity index (χ1n) is 10.4. The maximum atomic E-state index is 13.6. The summed E-state index contributed by atoms with van der Waals surface area (Å²) in [5.74, 6) is 0.382. The molecule has 1 aromatic rings. The van der Waals surface area contributed by atoms with Gasteiger partial charge in [-0.1, -0.05) is 18.9 Å². The standard InChI is InChI=1S/C22H31FN2O2/c1-16-6-7-20(23)12-18(16)13-24-10-8-22(27)9-11-25(15-19(22)14-24)21(26)17-4-2-3-5-17/h6-7,12,17,19,27H,2-5,8-11,13-15H2,1H3/t19-,22-/m1/s1. The Hall–Kier alpha value is -1.46. The van der Waals surface area contributed by atoms with Gasteiger partial charge in [0.05, 0.1) is 5.60 Å². The minimum atomic E-state index is -0.653. The Morgan fingerprint density at radius 2 is 1.96 bits per heavy atom. The van der Waals surface area contributed by atoms with Gasteiger partial charge in [-0.2, -0.15) is 0 Å². The van der Waals surface area contributed by atoms with Crippen LogP contribution in [0.2, 0.25) is 0 Å². The van der Waals surface area contributed by atoms with Gasteiger partial charge in [0.15, 0.2) is 0 Å². The molecule has 4 rings (SSSR count). The van der Waals surface area contributed by atoms with Crippen LogP contribution in [0.15, 0.2) is 18.2 Å². The summed E-state index contributed by atoms with van der Waals surface area (Å²) in [6, 6.07) is 4.95. The SMILES string of the molecule is Cc1ccc(F)cc1CN1CC[C@@]2(O)CCN(C(=O)C3CCCC3)C[C@H]2C1. The third kappa shape index (κ3) is 3.90. The van der Waals surface area contributed by atoms with Crippen LogP contribution in [-0.4, -0.2) is 52.6 Å². The molecule has 0 aromatic heterocycles. The molecular formula is C22H31FN2O2. The van der Waals surface area contributed by atoms with Crippen LogP contribution in [0.25, 0.3) is 0 Å². The van der Waals surface area contributed by atoms with Crippen molar-refractivity contribution in [3.8, 4) is 0 Å². The maximum absolute atomic E-state index is 13.6. The minimum absolute atomic E-state index is 0.0826. The topological polar surface area (TPSA) is 43.8 Å². The Bertz CT molecular complexity index is 704. The summed E-state index contributed by atoms with van der Waals surface area (Å²) in [5.41, 5.74) is 1.45. The molecule has 3 aliphatic rings. The Morgan fingerprint density at radius 3 is 2.74 bits per heavy atom. The van der Waals surface area contributed by atoms with Gasteiger partial charge in [-0.05, 0) is 55.9 Å². The van der Waals surface area contributed by atoms with Gasteiger partial charge in [0, 0.05) is 44.6 Å². The van der Waals surface area contributed by atoms with Crippen molar-refractivity contribution in [1.29, 1.82) is 0 Å². The van der Waals surface area contributed by atoms with Gasteiger partial charge in [0.25, 0.3) is 0 Å². The third-order valence-electron chi connectivity index (χ3n) is 7.08. The molecular weight excluding hydrogens is 343 g/mol. The van der Waals surface area contributed by atoms with Crippen molar-refractivity contribution in [3.63, 3.8) is 0 Å². The maximum Gasteiger partial charge on any atom is 0.225 e. The zero-order chi connectivity index (χ0) is 19.0. The van der Waals surface area contributed by atoms with Crippen LogP contribution in [0.5, 0.6) is 0 Å². The molecule has 148 valence electrons. The monoisotopic (exact) mass is 374 g/mol. The van der Waals surface area contributed by atoms with Crippen LogP contribution in [0.3, 0.4) is 0 Å². The van der Waals surface area contributed by atoms with Crippen LogP contribution in [0.1, 0.15) is 49.7 Å². The molecule has 5 heteroatoms. The number of carbonyl (C=O) groups excluding carboxylic acids is 1. The number of benzene rings is 1. The first-order valence-corrected chi connectivity index (χ1v) is 10.4. The number of fused-ring (bicyclic) bond motifs is 1. The van der Waals surface area contributed by atoms with E-state index < -0.39 is 5.60 Å². The Labute approximate surface area is 161 Å². The predicted molar refractivity (Wildman–Crippen MR) is 103 cm³/mol. The van der Waals surface area contributed by atoms with E-state index in [-0.39, 0.29) is 17.7 Å². The van der Waals surface area contributed by atoms with E-state index in [0.29, 0.717) is 32.0 Å². The summed E-state index contributed by atoms with van der Waals surface area (Å²) in [6.45, 7) is 5.64.